The smallest absolute Gasteiger partial charge is 0.418 e. The van der Waals surface area contributed by atoms with Gasteiger partial charge in [-0.2, -0.15) is 0 Å². The van der Waals surface area contributed by atoms with E-state index in [1.54, 1.807) is 0 Å². The standard InChI is InChI=1S/C8H11.2BF4.Rh/c1-2-4-6-8-7-5-3-1;2*2-1(3,4)5;/h1-5H,6-8H2;;;/q3*-1;+3/b2-1-,5-3-;;;. The second-order valence-corrected chi connectivity index (χ2v) is 2.97. The van der Waals surface area contributed by atoms with Crippen LogP contribution in [0.3, 0.4) is 0 Å². The van der Waals surface area contributed by atoms with E-state index in [-0.39, 0.29) is 19.5 Å². The summed E-state index contributed by atoms with van der Waals surface area (Å²) in [6, 6.07) is 0. The first kappa shape index (κ1) is 23.6. The molecular formula is C8H11B2F8Rh. The summed E-state index contributed by atoms with van der Waals surface area (Å²) in [4.78, 5) is 0. The first-order valence-corrected chi connectivity index (χ1v) is 4.90. The Balaban J connectivity index is -0.000000208. The van der Waals surface area contributed by atoms with E-state index in [0.29, 0.717) is 0 Å². The van der Waals surface area contributed by atoms with Crippen molar-refractivity contribution in [2.75, 3.05) is 0 Å². The van der Waals surface area contributed by atoms with Gasteiger partial charge in [-0.1, -0.05) is 6.42 Å². The third-order valence-electron chi connectivity index (χ3n) is 1.24. The summed E-state index contributed by atoms with van der Waals surface area (Å²) >= 11 is 0. The third kappa shape index (κ3) is 74.5. The van der Waals surface area contributed by atoms with Gasteiger partial charge >= 0.3 is 34.0 Å². The molecule has 0 amide bonds. The Morgan fingerprint density at radius 2 is 1.21 bits per heavy atom. The van der Waals surface area contributed by atoms with E-state index in [1.807, 2.05) is 0 Å². The molecule has 0 atom stereocenters. The van der Waals surface area contributed by atoms with Gasteiger partial charge in [0.05, 0.1) is 0 Å². The Hall–Kier alpha value is -0.457. The Labute approximate surface area is 119 Å². The fraction of sp³-hybridized carbons (Fsp3) is 0.375. The predicted octanol–water partition coefficient (Wildman–Crippen LogP) is 5.08. The van der Waals surface area contributed by atoms with Crippen LogP contribution in [0.5, 0.6) is 0 Å². The van der Waals surface area contributed by atoms with Gasteiger partial charge in [0.1, 0.15) is 0 Å². The van der Waals surface area contributed by atoms with Gasteiger partial charge in [0.2, 0.25) is 0 Å². The number of rotatable bonds is 0. The molecule has 0 bridgehead atoms. The van der Waals surface area contributed by atoms with Crippen molar-refractivity contribution in [3.8, 4) is 0 Å². The fourth-order valence-electron chi connectivity index (χ4n) is 0.767. The molecule has 0 saturated heterocycles. The Morgan fingerprint density at radius 1 is 0.789 bits per heavy atom. The molecule has 0 saturated carbocycles. The molecule has 1 rings (SSSR count). The van der Waals surface area contributed by atoms with E-state index in [0.717, 1.165) is 0 Å². The molecule has 0 fully saturated rings. The summed E-state index contributed by atoms with van der Waals surface area (Å²) in [6.07, 6.45) is 14.5. The van der Waals surface area contributed by atoms with Crippen molar-refractivity contribution in [3.63, 3.8) is 0 Å². The fourth-order valence-corrected chi connectivity index (χ4v) is 0.767. The van der Waals surface area contributed by atoms with Crippen LogP contribution < -0.4 is 0 Å². The molecule has 114 valence electrons. The zero-order valence-electron chi connectivity index (χ0n) is 9.52. The van der Waals surface area contributed by atoms with Gasteiger partial charge in [-0.05, 0) is 6.42 Å². The van der Waals surface area contributed by atoms with Crippen LogP contribution >= 0.6 is 0 Å². The minimum absolute atomic E-state index is 0. The number of hydrogen-bond acceptors (Lipinski definition) is 0. The Bertz CT molecular complexity index is 210. The van der Waals surface area contributed by atoms with Crippen LogP contribution in [0, 0.1) is 6.42 Å². The van der Waals surface area contributed by atoms with Gasteiger partial charge in [-0.3, -0.25) is 0 Å². The van der Waals surface area contributed by atoms with Crippen LogP contribution in [0.1, 0.15) is 19.3 Å². The van der Waals surface area contributed by atoms with Gasteiger partial charge in [-0.15, -0.1) is 18.6 Å². The molecule has 0 nitrogen and oxygen atoms in total. The average molecular weight is 384 g/mol. The quantitative estimate of drug-likeness (QED) is 0.311. The maximum atomic E-state index is 9.75. The molecule has 0 aliphatic heterocycles. The van der Waals surface area contributed by atoms with Gasteiger partial charge in [0.15, 0.2) is 0 Å². The SMILES string of the molecule is C1=C\[CH-]CCC\C=C/1.F[B-](F)(F)F.F[B-](F)(F)F.[Rh+3]. The van der Waals surface area contributed by atoms with Gasteiger partial charge in [-0.25, -0.2) is 18.6 Å². The summed E-state index contributed by atoms with van der Waals surface area (Å²) < 4.78 is 78.0. The minimum atomic E-state index is -6.00. The van der Waals surface area contributed by atoms with E-state index >= 15 is 0 Å². The molecule has 0 spiro atoms. The van der Waals surface area contributed by atoms with Crippen LogP contribution in [0.4, 0.5) is 34.5 Å². The second kappa shape index (κ2) is 12.6. The van der Waals surface area contributed by atoms with E-state index in [9.17, 15) is 34.5 Å². The van der Waals surface area contributed by atoms with Gasteiger partial charge in [0.25, 0.3) is 0 Å². The van der Waals surface area contributed by atoms with Gasteiger partial charge < -0.3 is 34.5 Å². The van der Waals surface area contributed by atoms with E-state index in [1.165, 1.54) is 19.3 Å². The van der Waals surface area contributed by atoms with Crippen LogP contribution in [-0.2, 0) is 19.5 Å². The van der Waals surface area contributed by atoms with Gasteiger partial charge in [0, 0.05) is 0 Å². The summed E-state index contributed by atoms with van der Waals surface area (Å²) in [7, 11) is -12.0. The Morgan fingerprint density at radius 3 is 1.63 bits per heavy atom. The Kier molecular flexibility index (Phi) is 15.6. The molecule has 0 unspecified atom stereocenters. The molecule has 11 heteroatoms. The minimum Gasteiger partial charge on any atom is -0.418 e. The van der Waals surface area contributed by atoms with Crippen molar-refractivity contribution >= 4 is 14.5 Å². The molecule has 0 aromatic carbocycles. The zero-order chi connectivity index (χ0) is 14.7. The summed E-state index contributed by atoms with van der Waals surface area (Å²) in [6.45, 7) is 0. The first-order chi connectivity index (χ1) is 8.00. The molecule has 0 aromatic heterocycles. The molecule has 0 aromatic rings. The maximum absolute atomic E-state index is 9.75. The van der Waals surface area contributed by atoms with E-state index < -0.39 is 14.5 Å². The molecular weight excluding hydrogens is 373 g/mol. The van der Waals surface area contributed by atoms with Crippen molar-refractivity contribution in [2.24, 2.45) is 0 Å². The van der Waals surface area contributed by atoms with E-state index in [4.69, 9.17) is 0 Å². The number of hydrogen-bond donors (Lipinski definition) is 0. The molecule has 0 heterocycles. The van der Waals surface area contributed by atoms with Crippen LogP contribution in [0.15, 0.2) is 24.3 Å². The third-order valence-corrected chi connectivity index (χ3v) is 1.24. The van der Waals surface area contributed by atoms with E-state index in [2.05, 4.69) is 30.7 Å². The van der Waals surface area contributed by atoms with Crippen molar-refractivity contribution in [1.82, 2.24) is 0 Å². The zero-order valence-corrected chi connectivity index (χ0v) is 11.2. The molecule has 19 heavy (non-hydrogen) atoms. The average Bonchev–Trinajstić information content (AvgIpc) is 1.93. The van der Waals surface area contributed by atoms with Crippen LogP contribution in [0.2, 0.25) is 0 Å². The largest absolute Gasteiger partial charge is 3.00 e. The first-order valence-electron chi connectivity index (χ1n) is 4.90. The maximum Gasteiger partial charge on any atom is 3.00 e. The van der Waals surface area contributed by atoms with Crippen molar-refractivity contribution in [2.45, 2.75) is 19.3 Å². The van der Waals surface area contributed by atoms with Crippen molar-refractivity contribution < 1.29 is 54.0 Å². The number of allylic oxidation sites excluding steroid dienone is 4. The van der Waals surface area contributed by atoms with Crippen LogP contribution in [-0.4, -0.2) is 14.5 Å². The normalized spacial score (nSPS) is 17.7. The molecule has 1 aliphatic carbocycles. The molecule has 0 N–H and O–H groups in total. The monoisotopic (exact) mass is 384 g/mol. The summed E-state index contributed by atoms with van der Waals surface area (Å²) in [5.74, 6) is 0. The topological polar surface area (TPSA) is 0 Å². The molecule has 0 radical (unpaired) electrons. The molecule has 1 aliphatic rings. The number of halogens is 8. The van der Waals surface area contributed by atoms with Crippen molar-refractivity contribution in [1.29, 1.82) is 0 Å². The van der Waals surface area contributed by atoms with Crippen LogP contribution in [0.25, 0.3) is 0 Å². The summed E-state index contributed by atoms with van der Waals surface area (Å²) in [5, 5.41) is 0. The predicted molar refractivity (Wildman–Crippen MR) is 56.8 cm³/mol. The van der Waals surface area contributed by atoms with Crippen molar-refractivity contribution in [3.05, 3.63) is 30.7 Å². The summed E-state index contributed by atoms with van der Waals surface area (Å²) in [5.41, 5.74) is 0. The second-order valence-electron chi connectivity index (χ2n) is 2.97.